The number of ketones is 1. The number of aliphatic hydroxyl groups is 1. The van der Waals surface area contributed by atoms with Gasteiger partial charge in [-0.3, -0.25) is 9.59 Å². The molecule has 0 atom stereocenters. The van der Waals surface area contributed by atoms with Crippen LogP contribution in [0.4, 0.5) is 0 Å². The molecule has 2 radical (unpaired) electrons. The molecule has 88 valence electrons. The first-order chi connectivity index (χ1) is 7.37. The number of Topliss-reactive ketones (excluding diaryl/α,β-unsaturated/α-hetero) is 1. The second kappa shape index (κ2) is 6.53. The zero-order valence-electron chi connectivity index (χ0n) is 8.87. The van der Waals surface area contributed by atoms with Crippen molar-refractivity contribution in [2.24, 2.45) is 5.41 Å². The third kappa shape index (κ3) is 4.09. The van der Waals surface area contributed by atoms with E-state index in [0.717, 1.165) is 12.2 Å². The molecule has 0 bridgehead atoms. The molecule has 1 aliphatic rings. The van der Waals surface area contributed by atoms with E-state index in [-0.39, 0.29) is 48.9 Å². The molecule has 0 aromatic rings. The summed E-state index contributed by atoms with van der Waals surface area (Å²) in [6.07, 6.45) is 3.07. The van der Waals surface area contributed by atoms with E-state index in [1.165, 1.54) is 12.2 Å². The van der Waals surface area contributed by atoms with E-state index >= 15 is 0 Å². The van der Waals surface area contributed by atoms with Gasteiger partial charge in [0.1, 0.15) is 5.41 Å². The normalized spacial score (nSPS) is 26.1. The monoisotopic (exact) mass is 364 g/mol. The number of aliphatic carboxylic acids is 2. The minimum atomic E-state index is -1.67. The van der Waals surface area contributed by atoms with Crippen molar-refractivity contribution in [3.63, 3.8) is 0 Å². The standard InChI is InChI=1S/C10H10O6.Ba/c11-6-1-3-10(4-2-6,9(15)16)5-7(12)8(13)14;/h1-4,6,11H,5H2,(H,13,14)(H,15,16);. The van der Waals surface area contributed by atoms with Gasteiger partial charge in [-0.1, -0.05) is 24.3 Å². The van der Waals surface area contributed by atoms with E-state index in [0.29, 0.717) is 0 Å². The van der Waals surface area contributed by atoms with Gasteiger partial charge in [0.25, 0.3) is 0 Å². The van der Waals surface area contributed by atoms with Gasteiger partial charge in [-0.15, -0.1) is 0 Å². The van der Waals surface area contributed by atoms with Crippen LogP contribution in [0.25, 0.3) is 0 Å². The second-order valence-corrected chi connectivity index (χ2v) is 3.46. The molecule has 7 heteroatoms. The molecule has 0 fully saturated rings. The van der Waals surface area contributed by atoms with Crippen LogP contribution < -0.4 is 0 Å². The van der Waals surface area contributed by atoms with Crippen LogP contribution in [0, 0.1) is 5.41 Å². The third-order valence-electron chi connectivity index (χ3n) is 2.27. The summed E-state index contributed by atoms with van der Waals surface area (Å²) in [7, 11) is 0. The van der Waals surface area contributed by atoms with Crippen LogP contribution in [0.1, 0.15) is 6.42 Å². The molecule has 1 rings (SSSR count). The average molecular weight is 364 g/mol. The van der Waals surface area contributed by atoms with Crippen molar-refractivity contribution in [1.82, 2.24) is 0 Å². The maximum absolute atomic E-state index is 11.0. The predicted molar refractivity (Wildman–Crippen MR) is 57.4 cm³/mol. The Morgan fingerprint density at radius 2 is 1.59 bits per heavy atom. The van der Waals surface area contributed by atoms with Crippen LogP contribution >= 0.6 is 0 Å². The van der Waals surface area contributed by atoms with Crippen LogP contribution in [0.3, 0.4) is 0 Å². The third-order valence-corrected chi connectivity index (χ3v) is 2.27. The minimum Gasteiger partial charge on any atom is -0.480 e. The van der Waals surface area contributed by atoms with Crippen molar-refractivity contribution in [2.45, 2.75) is 12.5 Å². The van der Waals surface area contributed by atoms with Crippen molar-refractivity contribution < 1.29 is 29.7 Å². The molecule has 0 spiro atoms. The quantitative estimate of drug-likeness (QED) is 0.343. The average Bonchev–Trinajstić information content (AvgIpc) is 2.21. The van der Waals surface area contributed by atoms with E-state index in [2.05, 4.69) is 0 Å². The van der Waals surface area contributed by atoms with Gasteiger partial charge >= 0.3 is 11.9 Å². The Bertz CT molecular complexity index is 384. The molecule has 0 heterocycles. The molecule has 0 aromatic heterocycles. The number of rotatable bonds is 4. The van der Waals surface area contributed by atoms with Crippen molar-refractivity contribution in [3.05, 3.63) is 24.3 Å². The predicted octanol–water partition coefficient (Wildman–Crippen LogP) is -0.793. The summed E-state index contributed by atoms with van der Waals surface area (Å²) < 4.78 is 0. The maximum atomic E-state index is 11.0. The van der Waals surface area contributed by atoms with E-state index in [1.807, 2.05) is 0 Å². The fourth-order valence-corrected chi connectivity index (χ4v) is 1.34. The molecule has 17 heavy (non-hydrogen) atoms. The van der Waals surface area contributed by atoms with Crippen LogP contribution in [0.15, 0.2) is 24.3 Å². The van der Waals surface area contributed by atoms with E-state index < -0.39 is 35.7 Å². The first-order valence-electron chi connectivity index (χ1n) is 4.44. The summed E-state index contributed by atoms with van der Waals surface area (Å²) in [4.78, 5) is 32.4. The molecular weight excluding hydrogens is 353 g/mol. The Morgan fingerprint density at radius 3 is 1.94 bits per heavy atom. The first-order valence-corrected chi connectivity index (χ1v) is 4.44. The fraction of sp³-hybridized carbons (Fsp3) is 0.300. The number of hydrogen-bond donors (Lipinski definition) is 3. The summed E-state index contributed by atoms with van der Waals surface area (Å²) >= 11 is 0. The van der Waals surface area contributed by atoms with Crippen LogP contribution in [0.2, 0.25) is 0 Å². The summed E-state index contributed by atoms with van der Waals surface area (Å²) in [5.41, 5.74) is -1.67. The SMILES string of the molecule is O=C(O)C(=O)CC1(C(=O)O)C=CC(O)C=C1.[Ba]. The number of carboxylic acid groups (broad SMARTS) is 2. The number of hydrogen-bond acceptors (Lipinski definition) is 4. The van der Waals surface area contributed by atoms with E-state index in [1.54, 1.807) is 0 Å². The van der Waals surface area contributed by atoms with Gasteiger partial charge in [0, 0.05) is 55.3 Å². The van der Waals surface area contributed by atoms with Gasteiger partial charge in [-0.25, -0.2) is 4.79 Å². The molecule has 0 aliphatic heterocycles. The van der Waals surface area contributed by atoms with Gasteiger partial charge in [0.15, 0.2) is 0 Å². The molecule has 0 saturated heterocycles. The summed E-state index contributed by atoms with van der Waals surface area (Å²) in [6.45, 7) is 0. The zero-order chi connectivity index (χ0) is 12.3. The smallest absolute Gasteiger partial charge is 0.372 e. The van der Waals surface area contributed by atoms with E-state index in [9.17, 15) is 14.4 Å². The van der Waals surface area contributed by atoms with Crippen molar-refractivity contribution in [2.75, 3.05) is 0 Å². The Balaban J connectivity index is 0.00000256. The number of aliphatic hydroxyl groups excluding tert-OH is 1. The van der Waals surface area contributed by atoms with Gasteiger partial charge in [-0.05, 0) is 0 Å². The minimum absolute atomic E-state index is 0. The Labute approximate surface area is 137 Å². The van der Waals surface area contributed by atoms with Crippen molar-refractivity contribution in [1.29, 1.82) is 0 Å². The largest absolute Gasteiger partial charge is 0.480 e. The van der Waals surface area contributed by atoms with Gasteiger partial charge in [0.2, 0.25) is 5.78 Å². The van der Waals surface area contributed by atoms with Crippen molar-refractivity contribution >= 4 is 66.6 Å². The molecule has 0 saturated carbocycles. The summed E-state index contributed by atoms with van der Waals surface area (Å²) in [6, 6.07) is 0. The molecule has 3 N–H and O–H groups in total. The number of carbonyl (C=O) groups is 3. The molecule has 1 aliphatic carbocycles. The summed E-state index contributed by atoms with van der Waals surface area (Å²) in [5.74, 6) is -4.19. The van der Waals surface area contributed by atoms with E-state index in [4.69, 9.17) is 15.3 Å². The van der Waals surface area contributed by atoms with Gasteiger partial charge in [-0.2, -0.15) is 0 Å². The zero-order valence-corrected chi connectivity index (χ0v) is 13.3. The second-order valence-electron chi connectivity index (χ2n) is 3.46. The summed E-state index contributed by atoms with van der Waals surface area (Å²) in [5, 5.41) is 26.5. The number of carboxylic acids is 2. The molecule has 0 aromatic carbocycles. The maximum Gasteiger partial charge on any atom is 0.372 e. The molecule has 6 nitrogen and oxygen atoms in total. The van der Waals surface area contributed by atoms with Crippen LogP contribution in [0.5, 0.6) is 0 Å². The Kier molecular flexibility index (Phi) is 6.38. The van der Waals surface area contributed by atoms with Crippen LogP contribution in [-0.2, 0) is 14.4 Å². The van der Waals surface area contributed by atoms with Gasteiger partial charge in [0.05, 0.1) is 6.10 Å². The van der Waals surface area contributed by atoms with Gasteiger partial charge < -0.3 is 15.3 Å². The van der Waals surface area contributed by atoms with Crippen molar-refractivity contribution in [3.8, 4) is 0 Å². The molecule has 0 amide bonds. The molecular formula is C10H10BaO6. The Morgan fingerprint density at radius 1 is 1.12 bits per heavy atom. The first kappa shape index (κ1) is 16.6. The Hall–Kier alpha value is -0.379. The number of carbonyl (C=O) groups excluding carboxylic acids is 1. The topological polar surface area (TPSA) is 112 Å². The fourth-order valence-electron chi connectivity index (χ4n) is 1.34. The van der Waals surface area contributed by atoms with Crippen LogP contribution in [-0.4, -0.2) is 88.0 Å². The molecule has 0 unspecified atom stereocenters.